The molecule has 2 aliphatic rings. The van der Waals surface area contributed by atoms with Crippen LogP contribution in [0.25, 0.3) is 6.08 Å². The first-order chi connectivity index (χ1) is 15.3. The molecule has 2 saturated heterocycles. The van der Waals surface area contributed by atoms with Crippen LogP contribution >= 0.6 is 0 Å². The van der Waals surface area contributed by atoms with Crippen molar-refractivity contribution in [1.82, 2.24) is 14.9 Å². The molecule has 0 saturated carbocycles. The molecule has 2 aliphatic heterocycles. The monoisotopic (exact) mass is 433 g/mol. The molecule has 3 heterocycles. The highest BCUT2D eigenvalue weighted by Gasteiger charge is 2.36. The van der Waals surface area contributed by atoms with Crippen LogP contribution in [0.5, 0.6) is 0 Å². The van der Waals surface area contributed by atoms with Crippen molar-refractivity contribution in [2.45, 2.75) is 53.4 Å². The van der Waals surface area contributed by atoms with Crippen LogP contribution in [0.4, 0.5) is 17.3 Å². The number of aryl methyl sites for hydroxylation is 1. The molecule has 0 unspecified atom stereocenters. The number of nitrogens with zero attached hydrogens (tertiary/aromatic N) is 4. The molecule has 4 rings (SSSR count). The molecule has 1 aromatic heterocycles. The Bertz CT molecular complexity index is 929. The minimum atomic E-state index is 0.528. The number of aromatic nitrogens is 2. The van der Waals surface area contributed by atoms with Gasteiger partial charge in [-0.05, 0) is 95.3 Å². The van der Waals surface area contributed by atoms with Gasteiger partial charge in [-0.2, -0.15) is 0 Å². The first-order valence-electron chi connectivity index (χ1n) is 12.2. The van der Waals surface area contributed by atoms with E-state index in [9.17, 15) is 0 Å². The van der Waals surface area contributed by atoms with E-state index in [0.29, 0.717) is 17.3 Å². The molecular weight excluding hydrogens is 394 g/mol. The molecule has 0 aliphatic carbocycles. The SMILES string of the molecule is C/C(=C\c1cnc(Nc2ccc(N3CCC4(CCN(C)CC4)CC3)cc2)nc1C)C(C)C. The number of nitrogens with one attached hydrogen (secondary N) is 1. The number of likely N-dealkylation sites (tertiary alicyclic amines) is 1. The molecule has 0 amide bonds. The van der Waals surface area contributed by atoms with E-state index >= 15 is 0 Å². The first kappa shape index (κ1) is 22.8. The predicted octanol–water partition coefficient (Wildman–Crippen LogP) is 5.90. The van der Waals surface area contributed by atoms with Crippen molar-refractivity contribution in [3.05, 3.63) is 47.3 Å². The van der Waals surface area contributed by atoms with Crippen LogP contribution in [0.15, 0.2) is 36.0 Å². The normalized spacial score (nSPS) is 19.6. The number of hydrogen-bond donors (Lipinski definition) is 1. The third-order valence-corrected chi connectivity index (χ3v) is 7.67. The van der Waals surface area contributed by atoms with E-state index < -0.39 is 0 Å². The maximum atomic E-state index is 4.67. The summed E-state index contributed by atoms with van der Waals surface area (Å²) < 4.78 is 0. The second-order valence-electron chi connectivity index (χ2n) is 10.2. The number of benzene rings is 1. The van der Waals surface area contributed by atoms with Crippen LogP contribution in [-0.2, 0) is 0 Å². The van der Waals surface area contributed by atoms with Crippen molar-refractivity contribution in [2.75, 3.05) is 43.4 Å². The number of rotatable bonds is 5. The maximum absolute atomic E-state index is 4.67. The largest absolute Gasteiger partial charge is 0.371 e. The lowest BCUT2D eigenvalue weighted by molar-refractivity contribution is 0.0945. The quantitative estimate of drug-likeness (QED) is 0.636. The average Bonchev–Trinajstić information content (AvgIpc) is 2.79. The van der Waals surface area contributed by atoms with Gasteiger partial charge in [0.2, 0.25) is 5.95 Å². The molecule has 0 atom stereocenters. The molecule has 2 aromatic rings. The fraction of sp³-hybridized carbons (Fsp3) is 0.556. The Morgan fingerprint density at radius 3 is 2.25 bits per heavy atom. The van der Waals surface area contributed by atoms with Gasteiger partial charge in [-0.1, -0.05) is 25.5 Å². The van der Waals surface area contributed by atoms with E-state index in [1.54, 1.807) is 0 Å². The van der Waals surface area contributed by atoms with Crippen molar-refractivity contribution in [2.24, 2.45) is 11.3 Å². The summed E-state index contributed by atoms with van der Waals surface area (Å²) in [5.74, 6) is 1.18. The van der Waals surface area contributed by atoms with E-state index in [1.165, 1.54) is 63.1 Å². The highest BCUT2D eigenvalue weighted by Crippen LogP contribution is 2.41. The number of hydrogen-bond acceptors (Lipinski definition) is 5. The molecule has 32 heavy (non-hydrogen) atoms. The Labute approximate surface area is 194 Å². The van der Waals surface area contributed by atoms with Crippen molar-refractivity contribution in [3.8, 4) is 0 Å². The molecule has 172 valence electrons. The molecule has 1 spiro atoms. The van der Waals surface area contributed by atoms with Gasteiger partial charge in [-0.25, -0.2) is 9.97 Å². The summed E-state index contributed by atoms with van der Waals surface area (Å²) in [7, 11) is 2.25. The van der Waals surface area contributed by atoms with E-state index in [0.717, 1.165) is 16.9 Å². The molecular formula is C27H39N5. The average molecular weight is 434 g/mol. The molecule has 2 fully saturated rings. The predicted molar refractivity (Wildman–Crippen MR) is 136 cm³/mol. The van der Waals surface area contributed by atoms with Gasteiger partial charge in [0, 0.05) is 36.2 Å². The molecule has 5 heteroatoms. The van der Waals surface area contributed by atoms with Crippen molar-refractivity contribution in [3.63, 3.8) is 0 Å². The zero-order valence-electron chi connectivity index (χ0n) is 20.5. The van der Waals surface area contributed by atoms with Crippen LogP contribution in [0.1, 0.15) is 57.7 Å². The van der Waals surface area contributed by atoms with Crippen LogP contribution in [0.3, 0.4) is 0 Å². The summed E-state index contributed by atoms with van der Waals surface area (Å²) in [6, 6.07) is 8.74. The summed E-state index contributed by atoms with van der Waals surface area (Å²) in [5.41, 5.74) is 6.36. The first-order valence-corrected chi connectivity index (χ1v) is 12.2. The molecule has 0 bridgehead atoms. The number of allylic oxidation sites excluding steroid dienone is 1. The number of piperidine rings is 2. The lowest BCUT2D eigenvalue weighted by Gasteiger charge is -2.46. The standard InChI is InChI=1S/C27H39N5/c1-20(2)21(3)18-23-19-28-26(29-22(23)4)30-24-6-8-25(9-7-24)32-16-12-27(13-17-32)10-14-31(5)15-11-27/h6-9,18-20H,10-17H2,1-5H3,(H,28,29,30)/b21-18+. The topological polar surface area (TPSA) is 44.3 Å². The third kappa shape index (κ3) is 5.32. The van der Waals surface area contributed by atoms with E-state index in [2.05, 4.69) is 83.2 Å². The van der Waals surface area contributed by atoms with Crippen molar-refractivity contribution >= 4 is 23.4 Å². The second kappa shape index (κ2) is 9.62. The summed E-state index contributed by atoms with van der Waals surface area (Å²) in [6.07, 6.45) is 9.48. The molecule has 5 nitrogen and oxygen atoms in total. The molecule has 1 aromatic carbocycles. The Kier molecular flexibility index (Phi) is 6.85. The van der Waals surface area contributed by atoms with Gasteiger partial charge < -0.3 is 15.1 Å². The van der Waals surface area contributed by atoms with Crippen LogP contribution < -0.4 is 10.2 Å². The summed E-state index contributed by atoms with van der Waals surface area (Å²) in [6.45, 7) is 13.5. The Morgan fingerprint density at radius 2 is 1.66 bits per heavy atom. The third-order valence-electron chi connectivity index (χ3n) is 7.67. The Balaban J connectivity index is 1.35. The number of anilines is 3. The minimum Gasteiger partial charge on any atom is -0.371 e. The summed E-state index contributed by atoms with van der Waals surface area (Å²) in [4.78, 5) is 14.2. The van der Waals surface area contributed by atoms with Gasteiger partial charge in [0.25, 0.3) is 0 Å². The molecule has 0 radical (unpaired) electrons. The van der Waals surface area contributed by atoms with Crippen LogP contribution in [-0.4, -0.2) is 48.1 Å². The lowest BCUT2D eigenvalue weighted by atomic mass is 9.71. The Morgan fingerprint density at radius 1 is 1.03 bits per heavy atom. The van der Waals surface area contributed by atoms with Crippen molar-refractivity contribution in [1.29, 1.82) is 0 Å². The van der Waals surface area contributed by atoms with Crippen molar-refractivity contribution < 1.29 is 0 Å². The van der Waals surface area contributed by atoms with E-state index in [1.807, 2.05) is 13.1 Å². The van der Waals surface area contributed by atoms with Gasteiger partial charge in [0.15, 0.2) is 0 Å². The Hall–Kier alpha value is -2.40. The van der Waals surface area contributed by atoms with Crippen LogP contribution in [0, 0.1) is 18.3 Å². The summed E-state index contributed by atoms with van der Waals surface area (Å²) in [5, 5.41) is 3.36. The zero-order chi connectivity index (χ0) is 22.7. The van der Waals surface area contributed by atoms with Crippen LogP contribution in [0.2, 0.25) is 0 Å². The van der Waals surface area contributed by atoms with Gasteiger partial charge >= 0.3 is 0 Å². The van der Waals surface area contributed by atoms with E-state index in [-0.39, 0.29) is 0 Å². The smallest absolute Gasteiger partial charge is 0.227 e. The highest BCUT2D eigenvalue weighted by molar-refractivity contribution is 5.61. The van der Waals surface area contributed by atoms with E-state index in [4.69, 9.17) is 0 Å². The second-order valence-corrected chi connectivity index (χ2v) is 10.2. The summed E-state index contributed by atoms with van der Waals surface area (Å²) >= 11 is 0. The minimum absolute atomic E-state index is 0.528. The van der Waals surface area contributed by atoms with Gasteiger partial charge in [0.1, 0.15) is 0 Å². The fourth-order valence-electron chi connectivity index (χ4n) is 4.81. The lowest BCUT2D eigenvalue weighted by Crippen LogP contribution is -2.46. The van der Waals surface area contributed by atoms with Gasteiger partial charge in [0.05, 0.1) is 5.69 Å². The highest BCUT2D eigenvalue weighted by atomic mass is 15.1. The molecule has 1 N–H and O–H groups in total. The fourth-order valence-corrected chi connectivity index (χ4v) is 4.81. The zero-order valence-corrected chi connectivity index (χ0v) is 20.5. The van der Waals surface area contributed by atoms with Gasteiger partial charge in [-0.15, -0.1) is 0 Å². The van der Waals surface area contributed by atoms with Gasteiger partial charge in [-0.3, -0.25) is 0 Å². The maximum Gasteiger partial charge on any atom is 0.227 e.